The Morgan fingerprint density at radius 3 is 2.54 bits per heavy atom. The van der Waals surface area contributed by atoms with Gasteiger partial charge in [0, 0.05) is 53.9 Å². The van der Waals surface area contributed by atoms with Gasteiger partial charge in [0.1, 0.15) is 6.04 Å². The van der Waals surface area contributed by atoms with E-state index in [-0.39, 0.29) is 13.1 Å². The average Bonchev–Trinajstić information content (AvgIpc) is 2.90. The Hall–Kier alpha value is -1.61. The van der Waals surface area contributed by atoms with E-state index < -0.39 is 22.0 Å². The van der Waals surface area contributed by atoms with Crippen LogP contribution in [0.2, 0.25) is 5.02 Å². The molecule has 0 unspecified atom stereocenters. The molecule has 0 radical (unpaired) electrons. The highest BCUT2D eigenvalue weighted by Gasteiger charge is 2.33. The van der Waals surface area contributed by atoms with Crippen LogP contribution in [0.4, 0.5) is 0 Å². The van der Waals surface area contributed by atoms with Gasteiger partial charge < -0.3 is 10.1 Å². The van der Waals surface area contributed by atoms with Crippen molar-refractivity contribution in [2.24, 2.45) is 0 Å². The lowest BCUT2D eigenvalue weighted by molar-refractivity contribution is -0.144. The summed E-state index contributed by atoms with van der Waals surface area (Å²) in [6.45, 7) is 1.28. The Balaban J connectivity index is 1.91. The molecule has 130 valence electrons. The lowest BCUT2D eigenvalue weighted by Gasteiger charge is -2.36. The Labute approximate surface area is 144 Å². The van der Waals surface area contributed by atoms with Gasteiger partial charge in [0.25, 0.3) is 0 Å². The molecule has 2 N–H and O–H groups in total. The summed E-state index contributed by atoms with van der Waals surface area (Å²) in [5.74, 6) is -0.969. The summed E-state index contributed by atoms with van der Waals surface area (Å²) in [7, 11) is -3.25. The molecule has 1 aromatic carbocycles. The number of fused-ring (bicyclic) bond motifs is 1. The van der Waals surface area contributed by atoms with Gasteiger partial charge in [-0.3, -0.25) is 9.69 Å². The second-order valence-electron chi connectivity index (χ2n) is 5.87. The van der Waals surface area contributed by atoms with E-state index in [2.05, 4.69) is 4.98 Å². The largest absolute Gasteiger partial charge is 0.480 e. The van der Waals surface area contributed by atoms with Crippen molar-refractivity contribution in [1.82, 2.24) is 14.2 Å². The number of aliphatic carboxylic acids is 1. The van der Waals surface area contributed by atoms with Crippen molar-refractivity contribution in [1.29, 1.82) is 0 Å². The Bertz CT molecular complexity index is 872. The molecule has 1 aliphatic rings. The molecule has 0 saturated carbocycles. The van der Waals surface area contributed by atoms with Crippen LogP contribution in [0.25, 0.3) is 10.9 Å². The van der Waals surface area contributed by atoms with Crippen LogP contribution in [0, 0.1) is 0 Å². The Morgan fingerprint density at radius 1 is 1.29 bits per heavy atom. The molecule has 9 heteroatoms. The number of H-pyrrole nitrogens is 1. The van der Waals surface area contributed by atoms with Gasteiger partial charge in [-0.15, -0.1) is 0 Å². The minimum Gasteiger partial charge on any atom is -0.480 e. The van der Waals surface area contributed by atoms with Gasteiger partial charge in [0.05, 0.1) is 6.26 Å². The molecule has 2 aromatic rings. The van der Waals surface area contributed by atoms with Crippen molar-refractivity contribution < 1.29 is 18.3 Å². The predicted octanol–water partition coefficient (Wildman–Crippen LogP) is 1.52. The third-order valence-corrected chi connectivity index (χ3v) is 5.85. The van der Waals surface area contributed by atoms with Crippen LogP contribution in [0.15, 0.2) is 24.4 Å². The molecule has 3 rings (SSSR count). The summed E-state index contributed by atoms with van der Waals surface area (Å²) in [6.07, 6.45) is 2.85. The molecular weight excluding hydrogens is 354 g/mol. The van der Waals surface area contributed by atoms with E-state index in [1.807, 2.05) is 6.07 Å². The number of aromatic amines is 1. The van der Waals surface area contributed by atoms with Crippen LogP contribution in [0.3, 0.4) is 0 Å². The van der Waals surface area contributed by atoms with Crippen LogP contribution in [0.1, 0.15) is 11.6 Å². The van der Waals surface area contributed by atoms with E-state index in [1.165, 1.54) is 10.6 Å². The fraction of sp³-hybridized carbons (Fsp3) is 0.400. The van der Waals surface area contributed by atoms with Gasteiger partial charge in [-0.1, -0.05) is 11.6 Å². The maximum absolute atomic E-state index is 11.9. The normalized spacial score (nSPS) is 18.8. The number of nitrogens with one attached hydrogen (secondary N) is 1. The van der Waals surface area contributed by atoms with Gasteiger partial charge in [-0.2, -0.15) is 4.31 Å². The zero-order chi connectivity index (χ0) is 17.5. The molecule has 0 spiro atoms. The maximum Gasteiger partial charge on any atom is 0.325 e. The third-order valence-electron chi connectivity index (χ3n) is 4.31. The molecule has 1 aliphatic heterocycles. The molecule has 1 atom stereocenters. The van der Waals surface area contributed by atoms with Crippen molar-refractivity contribution in [2.75, 3.05) is 32.4 Å². The number of piperazine rings is 1. The monoisotopic (exact) mass is 371 g/mol. The molecule has 0 aliphatic carbocycles. The second kappa shape index (κ2) is 6.36. The highest BCUT2D eigenvalue weighted by Crippen LogP contribution is 2.31. The zero-order valence-electron chi connectivity index (χ0n) is 13.1. The van der Waals surface area contributed by atoms with Crippen LogP contribution in [-0.4, -0.2) is 66.1 Å². The predicted molar refractivity (Wildman–Crippen MR) is 91.7 cm³/mol. The fourth-order valence-electron chi connectivity index (χ4n) is 3.12. The van der Waals surface area contributed by atoms with Crippen molar-refractivity contribution in [2.45, 2.75) is 6.04 Å². The number of aromatic nitrogens is 1. The summed E-state index contributed by atoms with van der Waals surface area (Å²) in [4.78, 5) is 16.7. The highest BCUT2D eigenvalue weighted by molar-refractivity contribution is 7.88. The van der Waals surface area contributed by atoms with E-state index in [0.29, 0.717) is 23.7 Å². The molecule has 24 heavy (non-hydrogen) atoms. The first-order valence-corrected chi connectivity index (χ1v) is 9.68. The van der Waals surface area contributed by atoms with Crippen molar-refractivity contribution >= 4 is 38.5 Å². The number of carbonyl (C=O) groups is 1. The smallest absolute Gasteiger partial charge is 0.325 e. The van der Waals surface area contributed by atoms with Gasteiger partial charge in [0.15, 0.2) is 0 Å². The molecule has 2 heterocycles. The zero-order valence-corrected chi connectivity index (χ0v) is 14.6. The Kier molecular flexibility index (Phi) is 4.56. The molecule has 7 nitrogen and oxygen atoms in total. The van der Waals surface area contributed by atoms with Crippen molar-refractivity contribution in [3.05, 3.63) is 35.0 Å². The third kappa shape index (κ3) is 3.27. The van der Waals surface area contributed by atoms with Crippen molar-refractivity contribution in [3.8, 4) is 0 Å². The molecule has 1 saturated heterocycles. The van der Waals surface area contributed by atoms with Crippen LogP contribution < -0.4 is 0 Å². The number of benzene rings is 1. The number of hydrogen-bond acceptors (Lipinski definition) is 4. The lowest BCUT2D eigenvalue weighted by atomic mass is 10.0. The van der Waals surface area contributed by atoms with E-state index >= 15 is 0 Å². The van der Waals surface area contributed by atoms with Crippen LogP contribution in [-0.2, 0) is 14.8 Å². The standard InChI is InChI=1S/C15H18ClN3O4S/c1-24(22,23)19-6-4-18(5-7-19)14(15(20)21)12-9-17-13-3-2-10(16)8-11(12)13/h2-3,8-9,14,17H,4-7H2,1H3,(H,20,21)/t14-/m1/s1. The summed E-state index contributed by atoms with van der Waals surface area (Å²) in [6, 6.07) is 4.44. The second-order valence-corrected chi connectivity index (χ2v) is 8.29. The Morgan fingerprint density at radius 2 is 1.96 bits per heavy atom. The van der Waals surface area contributed by atoms with Gasteiger partial charge in [-0.25, -0.2) is 8.42 Å². The highest BCUT2D eigenvalue weighted by atomic mass is 35.5. The van der Waals surface area contributed by atoms with Gasteiger partial charge in [-0.05, 0) is 18.2 Å². The number of carboxylic acids is 1. The molecule has 0 amide bonds. The number of halogens is 1. The van der Waals surface area contributed by atoms with Crippen LogP contribution in [0.5, 0.6) is 0 Å². The van der Waals surface area contributed by atoms with Gasteiger partial charge >= 0.3 is 5.97 Å². The molecule has 1 aromatic heterocycles. The first kappa shape index (κ1) is 17.2. The first-order chi connectivity index (χ1) is 11.3. The van der Waals surface area contributed by atoms with E-state index in [0.717, 1.165) is 10.9 Å². The minimum atomic E-state index is -3.25. The van der Waals surface area contributed by atoms with E-state index in [9.17, 15) is 18.3 Å². The number of hydrogen-bond donors (Lipinski definition) is 2. The summed E-state index contributed by atoms with van der Waals surface area (Å²) in [5.41, 5.74) is 1.45. The average molecular weight is 372 g/mol. The van der Waals surface area contributed by atoms with Crippen molar-refractivity contribution in [3.63, 3.8) is 0 Å². The van der Waals surface area contributed by atoms with Crippen LogP contribution >= 0.6 is 11.6 Å². The summed E-state index contributed by atoms with van der Waals surface area (Å²) in [5, 5.41) is 11.0. The minimum absolute atomic E-state index is 0.283. The first-order valence-electron chi connectivity index (χ1n) is 7.46. The summed E-state index contributed by atoms with van der Waals surface area (Å²) < 4.78 is 24.6. The fourth-order valence-corrected chi connectivity index (χ4v) is 4.12. The lowest BCUT2D eigenvalue weighted by Crippen LogP contribution is -2.50. The number of sulfonamides is 1. The maximum atomic E-state index is 11.9. The molecule has 1 fully saturated rings. The van der Waals surface area contributed by atoms with E-state index in [4.69, 9.17) is 11.6 Å². The SMILES string of the molecule is CS(=O)(=O)N1CCN([C@@H](C(=O)O)c2c[nH]c3ccc(Cl)cc23)CC1. The quantitative estimate of drug-likeness (QED) is 0.850. The van der Waals surface area contributed by atoms with Gasteiger partial charge in [0.2, 0.25) is 10.0 Å². The van der Waals surface area contributed by atoms with E-state index in [1.54, 1.807) is 23.2 Å². The number of nitrogens with zero attached hydrogens (tertiary/aromatic N) is 2. The summed E-state index contributed by atoms with van der Waals surface area (Å²) >= 11 is 6.04. The number of rotatable bonds is 4. The molecular formula is C15H18ClN3O4S. The molecule has 0 bridgehead atoms. The topological polar surface area (TPSA) is 93.7 Å². The number of carboxylic acid groups (broad SMARTS) is 1.